The van der Waals surface area contributed by atoms with Gasteiger partial charge in [-0.15, -0.1) is 0 Å². The van der Waals surface area contributed by atoms with E-state index in [9.17, 15) is 4.79 Å². The van der Waals surface area contributed by atoms with E-state index < -0.39 is 0 Å². The minimum absolute atomic E-state index is 0.264. The van der Waals surface area contributed by atoms with Crippen LogP contribution in [-0.4, -0.2) is 43.8 Å². The standard InChI is InChI=1S/C13H24N2O2/c1-3-10-6-12(14-13(16)17-2)9-15(7-10)8-11-4-5-11/h10-12H,3-9H2,1-2H3,(H,14,16). The summed E-state index contributed by atoms with van der Waals surface area (Å²) in [5.74, 6) is 1.63. The van der Waals surface area contributed by atoms with Gasteiger partial charge in [0.1, 0.15) is 0 Å². The maximum Gasteiger partial charge on any atom is 0.407 e. The highest BCUT2D eigenvalue weighted by Gasteiger charge is 2.31. The molecular weight excluding hydrogens is 216 g/mol. The summed E-state index contributed by atoms with van der Waals surface area (Å²) >= 11 is 0. The molecule has 0 spiro atoms. The lowest BCUT2D eigenvalue weighted by atomic mass is 9.92. The number of carbonyl (C=O) groups excluding carboxylic acids is 1. The lowest BCUT2D eigenvalue weighted by Gasteiger charge is -2.37. The van der Waals surface area contributed by atoms with Crippen LogP contribution in [-0.2, 0) is 4.74 Å². The van der Waals surface area contributed by atoms with Crippen LogP contribution in [0.25, 0.3) is 0 Å². The molecule has 0 aromatic carbocycles. The number of nitrogens with one attached hydrogen (secondary N) is 1. The van der Waals surface area contributed by atoms with Gasteiger partial charge in [-0.25, -0.2) is 4.79 Å². The summed E-state index contributed by atoms with van der Waals surface area (Å²) in [5.41, 5.74) is 0. The summed E-state index contributed by atoms with van der Waals surface area (Å²) in [6, 6.07) is 0.264. The van der Waals surface area contributed by atoms with Crippen molar-refractivity contribution in [2.45, 2.75) is 38.6 Å². The molecule has 17 heavy (non-hydrogen) atoms. The van der Waals surface area contributed by atoms with E-state index >= 15 is 0 Å². The molecule has 2 fully saturated rings. The topological polar surface area (TPSA) is 41.6 Å². The molecule has 4 nitrogen and oxygen atoms in total. The lowest BCUT2D eigenvalue weighted by Crippen LogP contribution is -2.51. The van der Waals surface area contributed by atoms with Crippen LogP contribution in [0.3, 0.4) is 0 Å². The minimum Gasteiger partial charge on any atom is -0.453 e. The third kappa shape index (κ3) is 3.87. The van der Waals surface area contributed by atoms with E-state index in [-0.39, 0.29) is 12.1 Å². The number of ether oxygens (including phenoxy) is 1. The number of likely N-dealkylation sites (tertiary alicyclic amines) is 1. The van der Waals surface area contributed by atoms with E-state index in [0.717, 1.165) is 18.9 Å². The van der Waals surface area contributed by atoms with Crippen molar-refractivity contribution in [3.8, 4) is 0 Å². The highest BCUT2D eigenvalue weighted by Crippen LogP contribution is 2.31. The number of hydrogen-bond acceptors (Lipinski definition) is 3. The fourth-order valence-corrected chi connectivity index (χ4v) is 2.74. The third-order valence-electron chi connectivity index (χ3n) is 3.91. The van der Waals surface area contributed by atoms with Crippen molar-refractivity contribution in [3.63, 3.8) is 0 Å². The Morgan fingerprint density at radius 1 is 1.35 bits per heavy atom. The second-order valence-electron chi connectivity index (χ2n) is 5.50. The van der Waals surface area contributed by atoms with Crippen molar-refractivity contribution >= 4 is 6.09 Å². The Kier molecular flexibility index (Phi) is 4.26. The van der Waals surface area contributed by atoms with Crippen LogP contribution in [0.1, 0.15) is 32.6 Å². The Balaban J connectivity index is 1.84. The van der Waals surface area contributed by atoms with Crippen molar-refractivity contribution < 1.29 is 9.53 Å². The van der Waals surface area contributed by atoms with Gasteiger partial charge in [0.25, 0.3) is 0 Å². The van der Waals surface area contributed by atoms with Crippen molar-refractivity contribution in [2.75, 3.05) is 26.7 Å². The molecule has 98 valence electrons. The summed E-state index contributed by atoms with van der Waals surface area (Å²) in [6.45, 7) is 5.64. The van der Waals surface area contributed by atoms with Gasteiger partial charge in [0, 0.05) is 25.7 Å². The van der Waals surface area contributed by atoms with Crippen molar-refractivity contribution in [1.82, 2.24) is 10.2 Å². The molecule has 1 saturated carbocycles. The molecule has 2 atom stereocenters. The summed E-state index contributed by atoms with van der Waals surface area (Å²) in [5, 5.41) is 2.95. The van der Waals surface area contributed by atoms with E-state index in [1.54, 1.807) is 0 Å². The molecular formula is C13H24N2O2. The average molecular weight is 240 g/mol. The highest BCUT2D eigenvalue weighted by atomic mass is 16.5. The number of rotatable bonds is 4. The fourth-order valence-electron chi connectivity index (χ4n) is 2.74. The van der Waals surface area contributed by atoms with Gasteiger partial charge in [-0.2, -0.15) is 0 Å². The van der Waals surface area contributed by atoms with E-state index in [1.165, 1.54) is 39.5 Å². The molecule has 2 aliphatic rings. The monoisotopic (exact) mass is 240 g/mol. The van der Waals surface area contributed by atoms with E-state index in [2.05, 4.69) is 21.9 Å². The van der Waals surface area contributed by atoms with Crippen LogP contribution in [0.2, 0.25) is 0 Å². The number of hydrogen-bond donors (Lipinski definition) is 1. The smallest absolute Gasteiger partial charge is 0.407 e. The number of methoxy groups -OCH3 is 1. The Morgan fingerprint density at radius 3 is 2.71 bits per heavy atom. The number of alkyl carbamates (subject to hydrolysis) is 1. The third-order valence-corrected chi connectivity index (χ3v) is 3.91. The first-order valence-electron chi connectivity index (χ1n) is 6.78. The predicted molar refractivity (Wildman–Crippen MR) is 66.9 cm³/mol. The van der Waals surface area contributed by atoms with Crippen LogP contribution in [0.5, 0.6) is 0 Å². The second-order valence-corrected chi connectivity index (χ2v) is 5.50. The van der Waals surface area contributed by atoms with Gasteiger partial charge >= 0.3 is 6.09 Å². The zero-order chi connectivity index (χ0) is 12.3. The number of amides is 1. The molecule has 2 unspecified atom stereocenters. The molecule has 0 bridgehead atoms. The summed E-state index contributed by atoms with van der Waals surface area (Å²) in [7, 11) is 1.43. The van der Waals surface area contributed by atoms with Gasteiger partial charge in [-0.05, 0) is 31.1 Å². The largest absolute Gasteiger partial charge is 0.453 e. The molecule has 1 aliphatic heterocycles. The SMILES string of the molecule is CCC1CC(NC(=O)OC)CN(CC2CC2)C1. The Hall–Kier alpha value is -0.770. The van der Waals surface area contributed by atoms with Crippen LogP contribution in [0.4, 0.5) is 4.79 Å². The van der Waals surface area contributed by atoms with Gasteiger partial charge in [-0.3, -0.25) is 0 Å². The number of piperidine rings is 1. The first-order chi connectivity index (χ1) is 8.21. The summed E-state index contributed by atoms with van der Waals surface area (Å²) in [6.07, 6.45) is 4.77. The Morgan fingerprint density at radius 2 is 2.12 bits per heavy atom. The van der Waals surface area contributed by atoms with E-state index in [0.29, 0.717) is 5.92 Å². The van der Waals surface area contributed by atoms with Gasteiger partial charge in [0.15, 0.2) is 0 Å². The van der Waals surface area contributed by atoms with Gasteiger partial charge in [-0.1, -0.05) is 13.3 Å². The van der Waals surface area contributed by atoms with E-state index in [1.807, 2.05) is 0 Å². The van der Waals surface area contributed by atoms with Gasteiger partial charge in [0.2, 0.25) is 0 Å². The molecule has 2 rings (SSSR count). The molecule has 1 aliphatic carbocycles. The number of carbonyl (C=O) groups is 1. The predicted octanol–water partition coefficient (Wildman–Crippen LogP) is 1.85. The number of nitrogens with zero attached hydrogens (tertiary/aromatic N) is 1. The molecule has 0 aromatic heterocycles. The highest BCUT2D eigenvalue weighted by molar-refractivity contribution is 5.67. The second kappa shape index (κ2) is 5.71. The Labute approximate surface area is 104 Å². The molecule has 1 amide bonds. The average Bonchev–Trinajstić information content (AvgIpc) is 3.12. The Bertz CT molecular complexity index is 266. The van der Waals surface area contributed by atoms with Crippen molar-refractivity contribution in [3.05, 3.63) is 0 Å². The maximum absolute atomic E-state index is 11.3. The zero-order valence-electron chi connectivity index (χ0n) is 10.9. The first kappa shape index (κ1) is 12.7. The normalized spacial score (nSPS) is 30.0. The van der Waals surface area contributed by atoms with Gasteiger partial charge in [0.05, 0.1) is 7.11 Å². The van der Waals surface area contributed by atoms with Crippen LogP contribution < -0.4 is 5.32 Å². The quantitative estimate of drug-likeness (QED) is 0.815. The van der Waals surface area contributed by atoms with Crippen LogP contribution in [0.15, 0.2) is 0 Å². The molecule has 4 heteroatoms. The van der Waals surface area contributed by atoms with Crippen molar-refractivity contribution in [2.24, 2.45) is 11.8 Å². The fraction of sp³-hybridized carbons (Fsp3) is 0.923. The maximum atomic E-state index is 11.3. The van der Waals surface area contributed by atoms with Crippen molar-refractivity contribution in [1.29, 1.82) is 0 Å². The molecule has 0 radical (unpaired) electrons. The molecule has 1 N–H and O–H groups in total. The zero-order valence-corrected chi connectivity index (χ0v) is 10.9. The summed E-state index contributed by atoms with van der Waals surface area (Å²) < 4.78 is 4.68. The first-order valence-corrected chi connectivity index (χ1v) is 6.78. The van der Waals surface area contributed by atoms with Crippen LogP contribution >= 0.6 is 0 Å². The van der Waals surface area contributed by atoms with Crippen LogP contribution in [0, 0.1) is 11.8 Å². The minimum atomic E-state index is -0.293. The molecule has 1 saturated heterocycles. The van der Waals surface area contributed by atoms with Gasteiger partial charge < -0.3 is 15.0 Å². The lowest BCUT2D eigenvalue weighted by molar-refractivity contribution is 0.120. The summed E-state index contributed by atoms with van der Waals surface area (Å²) in [4.78, 5) is 13.8. The van der Waals surface area contributed by atoms with E-state index in [4.69, 9.17) is 0 Å². The molecule has 1 heterocycles. The molecule has 0 aromatic rings.